The third kappa shape index (κ3) is 3.23. The highest BCUT2D eigenvalue weighted by atomic mass is 32.2. The van der Waals surface area contributed by atoms with Crippen molar-refractivity contribution in [3.05, 3.63) is 42.7 Å². The summed E-state index contributed by atoms with van der Waals surface area (Å²) in [6.07, 6.45) is 3.11. The molecule has 5 heteroatoms. The van der Waals surface area contributed by atoms with Gasteiger partial charge in [-0.1, -0.05) is 30.3 Å². The van der Waals surface area contributed by atoms with Crippen LogP contribution in [0.15, 0.2) is 47.8 Å². The third-order valence-electron chi connectivity index (χ3n) is 3.02. The molecule has 0 bridgehead atoms. The van der Waals surface area contributed by atoms with Crippen LogP contribution in [0.5, 0.6) is 0 Å². The Kier molecular flexibility index (Phi) is 4.49. The molecule has 0 atom stereocenters. The van der Waals surface area contributed by atoms with Crippen LogP contribution in [0.3, 0.4) is 0 Å². The minimum atomic E-state index is 0.597. The number of thioether (sulfide) groups is 1. The van der Waals surface area contributed by atoms with Crippen molar-refractivity contribution in [2.45, 2.75) is 17.9 Å². The van der Waals surface area contributed by atoms with Crippen LogP contribution in [-0.2, 0) is 0 Å². The summed E-state index contributed by atoms with van der Waals surface area (Å²) in [4.78, 5) is 11.0. The van der Waals surface area contributed by atoms with E-state index in [-0.39, 0.29) is 0 Å². The molecule has 0 saturated heterocycles. The van der Waals surface area contributed by atoms with E-state index in [1.807, 2.05) is 18.2 Å². The fraction of sp³-hybridized carbons (Fsp3) is 0.188. The standard InChI is InChI=1S/C16H13N3S2/c17-8-4-5-9-20-15-13-10-14(12-6-2-1-3-7-12)21-16(13)19-11-18-15/h1-3,6-7,10-11H,4-5,9H2. The number of thiophene rings is 1. The molecule has 3 nitrogen and oxygen atoms in total. The van der Waals surface area contributed by atoms with Gasteiger partial charge < -0.3 is 0 Å². The fourth-order valence-corrected chi connectivity index (χ4v) is 4.00. The summed E-state index contributed by atoms with van der Waals surface area (Å²) in [6.45, 7) is 0. The molecule has 0 fully saturated rings. The number of hydrogen-bond acceptors (Lipinski definition) is 5. The van der Waals surface area contributed by atoms with Gasteiger partial charge in [-0.3, -0.25) is 0 Å². The third-order valence-corrected chi connectivity index (χ3v) is 5.21. The van der Waals surface area contributed by atoms with Gasteiger partial charge in [-0.2, -0.15) is 5.26 Å². The second-order valence-corrected chi connectivity index (χ2v) is 6.60. The summed E-state index contributed by atoms with van der Waals surface area (Å²) in [6, 6.07) is 14.7. The van der Waals surface area contributed by atoms with Crippen molar-refractivity contribution in [1.29, 1.82) is 5.26 Å². The summed E-state index contributed by atoms with van der Waals surface area (Å²) < 4.78 is 0. The largest absolute Gasteiger partial charge is 0.229 e. The molecular formula is C16H13N3S2. The normalized spacial score (nSPS) is 10.6. The molecule has 104 valence electrons. The lowest BCUT2D eigenvalue weighted by Crippen LogP contribution is -1.85. The lowest BCUT2D eigenvalue weighted by molar-refractivity contribution is 0.977. The highest BCUT2D eigenvalue weighted by Crippen LogP contribution is 2.36. The Bertz CT molecular complexity index is 775. The molecule has 2 aromatic heterocycles. The molecule has 1 aromatic carbocycles. The second-order valence-electron chi connectivity index (χ2n) is 4.48. The molecule has 0 aliphatic carbocycles. The van der Waals surface area contributed by atoms with E-state index < -0.39 is 0 Å². The van der Waals surface area contributed by atoms with Crippen LogP contribution in [0.1, 0.15) is 12.8 Å². The lowest BCUT2D eigenvalue weighted by atomic mass is 10.2. The monoisotopic (exact) mass is 311 g/mol. The number of benzene rings is 1. The van der Waals surface area contributed by atoms with Gasteiger partial charge in [0, 0.05) is 22.4 Å². The molecule has 2 heterocycles. The van der Waals surface area contributed by atoms with Crippen molar-refractivity contribution < 1.29 is 0 Å². The van der Waals surface area contributed by atoms with Crippen molar-refractivity contribution in [3.63, 3.8) is 0 Å². The number of rotatable bonds is 5. The maximum absolute atomic E-state index is 8.58. The zero-order valence-electron chi connectivity index (χ0n) is 11.3. The van der Waals surface area contributed by atoms with E-state index in [1.54, 1.807) is 29.4 Å². The molecule has 0 aliphatic heterocycles. The number of aromatic nitrogens is 2. The average Bonchev–Trinajstić information content (AvgIpc) is 2.97. The van der Waals surface area contributed by atoms with E-state index in [0.717, 1.165) is 27.4 Å². The van der Waals surface area contributed by atoms with Gasteiger partial charge in [-0.25, -0.2) is 9.97 Å². The SMILES string of the molecule is N#CCCCSc1ncnc2sc(-c3ccccc3)cc12. The Hall–Kier alpha value is -1.90. The Morgan fingerprint density at radius 2 is 2.05 bits per heavy atom. The first kappa shape index (κ1) is 14.1. The lowest BCUT2D eigenvalue weighted by Gasteiger charge is -1.99. The molecule has 3 rings (SSSR count). The molecule has 0 radical (unpaired) electrons. The van der Waals surface area contributed by atoms with Crippen LogP contribution >= 0.6 is 23.1 Å². The molecule has 0 unspecified atom stereocenters. The van der Waals surface area contributed by atoms with Crippen molar-refractivity contribution in [2.24, 2.45) is 0 Å². The quantitative estimate of drug-likeness (QED) is 0.387. The van der Waals surface area contributed by atoms with Crippen molar-refractivity contribution in [3.8, 4) is 16.5 Å². The average molecular weight is 311 g/mol. The Labute approximate surface area is 131 Å². The van der Waals surface area contributed by atoms with Crippen LogP contribution < -0.4 is 0 Å². The zero-order chi connectivity index (χ0) is 14.5. The van der Waals surface area contributed by atoms with Crippen LogP contribution in [0.4, 0.5) is 0 Å². The first-order valence-electron chi connectivity index (χ1n) is 6.68. The van der Waals surface area contributed by atoms with E-state index in [1.165, 1.54) is 10.4 Å². The van der Waals surface area contributed by atoms with Crippen LogP contribution in [0, 0.1) is 11.3 Å². The molecule has 0 aliphatic rings. The van der Waals surface area contributed by atoms with E-state index in [0.29, 0.717) is 6.42 Å². The molecule has 3 aromatic rings. The second kappa shape index (κ2) is 6.70. The molecule has 0 N–H and O–H groups in total. The van der Waals surface area contributed by atoms with Gasteiger partial charge in [0.2, 0.25) is 0 Å². The van der Waals surface area contributed by atoms with Gasteiger partial charge in [0.05, 0.1) is 6.07 Å². The minimum Gasteiger partial charge on any atom is -0.229 e. The van der Waals surface area contributed by atoms with Crippen molar-refractivity contribution >= 4 is 33.3 Å². The van der Waals surface area contributed by atoms with Gasteiger partial charge in [0.15, 0.2) is 0 Å². The molecule has 21 heavy (non-hydrogen) atoms. The maximum Gasteiger partial charge on any atom is 0.128 e. The summed E-state index contributed by atoms with van der Waals surface area (Å²) in [5.41, 5.74) is 1.21. The van der Waals surface area contributed by atoms with Crippen LogP contribution in [0.2, 0.25) is 0 Å². The van der Waals surface area contributed by atoms with Crippen molar-refractivity contribution in [2.75, 3.05) is 5.75 Å². The van der Waals surface area contributed by atoms with E-state index >= 15 is 0 Å². The number of nitriles is 1. The summed E-state index contributed by atoms with van der Waals surface area (Å²) >= 11 is 3.39. The maximum atomic E-state index is 8.58. The van der Waals surface area contributed by atoms with Crippen LogP contribution in [-0.4, -0.2) is 15.7 Å². The van der Waals surface area contributed by atoms with Gasteiger partial charge in [0.1, 0.15) is 16.2 Å². The van der Waals surface area contributed by atoms with Gasteiger partial charge in [-0.05, 0) is 18.1 Å². The van der Waals surface area contributed by atoms with Gasteiger partial charge >= 0.3 is 0 Å². The summed E-state index contributed by atoms with van der Waals surface area (Å²) in [5.74, 6) is 0.913. The smallest absolute Gasteiger partial charge is 0.128 e. The van der Waals surface area contributed by atoms with E-state index in [9.17, 15) is 0 Å². The highest BCUT2D eigenvalue weighted by Gasteiger charge is 2.10. The first-order chi connectivity index (χ1) is 10.4. The Morgan fingerprint density at radius 1 is 1.19 bits per heavy atom. The molecular weight excluding hydrogens is 298 g/mol. The predicted molar refractivity (Wildman–Crippen MR) is 88.4 cm³/mol. The number of unbranched alkanes of at least 4 members (excludes halogenated alkanes) is 1. The fourth-order valence-electron chi connectivity index (χ4n) is 2.01. The van der Waals surface area contributed by atoms with E-state index in [2.05, 4.69) is 34.2 Å². The Balaban J connectivity index is 1.89. The first-order valence-corrected chi connectivity index (χ1v) is 8.48. The number of nitrogens with zero attached hydrogens (tertiary/aromatic N) is 3. The topological polar surface area (TPSA) is 49.6 Å². The molecule has 0 spiro atoms. The van der Waals surface area contributed by atoms with Crippen molar-refractivity contribution in [1.82, 2.24) is 9.97 Å². The molecule has 0 saturated carbocycles. The number of fused-ring (bicyclic) bond motifs is 1. The van der Waals surface area contributed by atoms with E-state index in [4.69, 9.17) is 5.26 Å². The Morgan fingerprint density at radius 3 is 2.86 bits per heavy atom. The minimum absolute atomic E-state index is 0.597. The summed E-state index contributed by atoms with van der Waals surface area (Å²) in [7, 11) is 0. The van der Waals surface area contributed by atoms with Crippen LogP contribution in [0.25, 0.3) is 20.7 Å². The summed E-state index contributed by atoms with van der Waals surface area (Å²) in [5, 5.41) is 10.7. The van der Waals surface area contributed by atoms with Gasteiger partial charge in [0.25, 0.3) is 0 Å². The zero-order valence-corrected chi connectivity index (χ0v) is 13.0. The predicted octanol–water partition coefficient (Wildman–Crippen LogP) is 4.75. The van der Waals surface area contributed by atoms with Gasteiger partial charge in [-0.15, -0.1) is 23.1 Å². The number of hydrogen-bond donors (Lipinski definition) is 0. The highest BCUT2D eigenvalue weighted by molar-refractivity contribution is 7.99. The molecule has 0 amide bonds.